The van der Waals surface area contributed by atoms with Gasteiger partial charge in [0.15, 0.2) is 0 Å². The van der Waals surface area contributed by atoms with Crippen molar-refractivity contribution < 1.29 is 9.53 Å². The molecular weight excluding hydrogens is 278 g/mol. The van der Waals surface area contributed by atoms with Crippen LogP contribution in [0.4, 0.5) is 10.6 Å². The van der Waals surface area contributed by atoms with E-state index >= 15 is 0 Å². The molecule has 120 valence electrons. The van der Waals surface area contributed by atoms with Gasteiger partial charge >= 0.3 is 6.09 Å². The topological polar surface area (TPSA) is 45.7 Å². The van der Waals surface area contributed by atoms with Gasteiger partial charge in [-0.1, -0.05) is 6.07 Å². The fourth-order valence-electron chi connectivity index (χ4n) is 3.29. The van der Waals surface area contributed by atoms with Crippen molar-refractivity contribution in [1.82, 2.24) is 9.88 Å². The summed E-state index contributed by atoms with van der Waals surface area (Å²) in [7, 11) is 0. The average molecular weight is 303 g/mol. The Kier molecular flexibility index (Phi) is 3.75. The van der Waals surface area contributed by atoms with E-state index in [4.69, 9.17) is 4.74 Å². The summed E-state index contributed by atoms with van der Waals surface area (Å²) in [4.78, 5) is 20.6. The molecule has 0 unspecified atom stereocenters. The number of anilines is 1. The van der Waals surface area contributed by atoms with Crippen molar-refractivity contribution in [2.45, 2.75) is 39.2 Å². The zero-order chi connectivity index (χ0) is 15.8. The summed E-state index contributed by atoms with van der Waals surface area (Å²) < 4.78 is 5.43. The SMILES string of the molecule is CC(C)(C)OC(=O)N1CC2(CCN(c3ccccn3)CC2)C1. The highest BCUT2D eigenvalue weighted by Crippen LogP contribution is 2.41. The van der Waals surface area contributed by atoms with Crippen molar-refractivity contribution >= 4 is 11.9 Å². The molecule has 22 heavy (non-hydrogen) atoms. The van der Waals surface area contributed by atoms with E-state index in [1.807, 2.05) is 44.0 Å². The van der Waals surface area contributed by atoms with E-state index in [0.717, 1.165) is 44.8 Å². The first-order valence-corrected chi connectivity index (χ1v) is 8.01. The van der Waals surface area contributed by atoms with Gasteiger partial charge < -0.3 is 14.5 Å². The van der Waals surface area contributed by atoms with Crippen LogP contribution in [0, 0.1) is 5.41 Å². The van der Waals surface area contributed by atoms with Crippen molar-refractivity contribution in [2.75, 3.05) is 31.1 Å². The van der Waals surface area contributed by atoms with E-state index in [9.17, 15) is 4.79 Å². The zero-order valence-corrected chi connectivity index (χ0v) is 13.7. The first kappa shape index (κ1) is 15.1. The van der Waals surface area contributed by atoms with Crippen LogP contribution < -0.4 is 4.90 Å². The first-order chi connectivity index (χ1) is 10.4. The lowest BCUT2D eigenvalue weighted by atomic mass is 9.72. The molecule has 1 aromatic heterocycles. The highest BCUT2D eigenvalue weighted by atomic mass is 16.6. The number of hydrogen-bond donors (Lipinski definition) is 0. The highest BCUT2D eigenvalue weighted by Gasteiger charge is 2.47. The lowest BCUT2D eigenvalue weighted by molar-refractivity contribution is -0.0434. The van der Waals surface area contributed by atoms with Crippen LogP contribution in [-0.4, -0.2) is 47.8 Å². The van der Waals surface area contributed by atoms with Crippen molar-refractivity contribution in [1.29, 1.82) is 0 Å². The van der Waals surface area contributed by atoms with Gasteiger partial charge in [-0.3, -0.25) is 0 Å². The van der Waals surface area contributed by atoms with Gasteiger partial charge in [-0.2, -0.15) is 0 Å². The van der Waals surface area contributed by atoms with Crippen molar-refractivity contribution in [3.05, 3.63) is 24.4 Å². The number of hydrogen-bond acceptors (Lipinski definition) is 4. The Balaban J connectivity index is 1.50. The summed E-state index contributed by atoms with van der Waals surface area (Å²) in [6.45, 7) is 9.41. The summed E-state index contributed by atoms with van der Waals surface area (Å²) in [6, 6.07) is 6.03. The molecule has 0 atom stereocenters. The van der Waals surface area contributed by atoms with Crippen molar-refractivity contribution in [3.63, 3.8) is 0 Å². The van der Waals surface area contributed by atoms with Crippen LogP contribution in [0.15, 0.2) is 24.4 Å². The maximum absolute atomic E-state index is 12.0. The number of carbonyl (C=O) groups is 1. The average Bonchev–Trinajstić information content (AvgIpc) is 2.44. The van der Waals surface area contributed by atoms with Gasteiger partial charge in [0.2, 0.25) is 0 Å². The number of aromatic nitrogens is 1. The molecule has 3 heterocycles. The predicted octanol–water partition coefficient (Wildman–Crippen LogP) is 2.92. The third-order valence-corrected chi connectivity index (χ3v) is 4.50. The molecule has 0 bridgehead atoms. The Labute approximate surface area is 132 Å². The Morgan fingerprint density at radius 3 is 2.45 bits per heavy atom. The second-order valence-corrected chi connectivity index (χ2v) is 7.51. The molecule has 5 heteroatoms. The van der Waals surface area contributed by atoms with E-state index < -0.39 is 5.60 Å². The van der Waals surface area contributed by atoms with Gasteiger partial charge in [-0.25, -0.2) is 9.78 Å². The van der Waals surface area contributed by atoms with Crippen molar-refractivity contribution in [2.24, 2.45) is 5.41 Å². The maximum Gasteiger partial charge on any atom is 0.410 e. The third kappa shape index (κ3) is 3.18. The van der Waals surface area contributed by atoms with Gasteiger partial charge in [0.05, 0.1) is 0 Å². The molecule has 0 N–H and O–H groups in total. The molecule has 0 radical (unpaired) electrons. The number of amides is 1. The minimum atomic E-state index is -0.415. The smallest absolute Gasteiger partial charge is 0.410 e. The number of ether oxygens (including phenoxy) is 1. The van der Waals surface area contributed by atoms with E-state index in [2.05, 4.69) is 16.0 Å². The van der Waals surface area contributed by atoms with Crippen LogP contribution in [0.1, 0.15) is 33.6 Å². The van der Waals surface area contributed by atoms with Crippen LogP contribution in [0.2, 0.25) is 0 Å². The summed E-state index contributed by atoms with van der Waals surface area (Å²) in [5.41, 5.74) is -0.121. The number of likely N-dealkylation sites (tertiary alicyclic amines) is 1. The number of nitrogens with zero attached hydrogens (tertiary/aromatic N) is 3. The minimum absolute atomic E-state index is 0.176. The Morgan fingerprint density at radius 2 is 1.91 bits per heavy atom. The van der Waals surface area contributed by atoms with Crippen molar-refractivity contribution in [3.8, 4) is 0 Å². The minimum Gasteiger partial charge on any atom is -0.444 e. The molecule has 2 aliphatic heterocycles. The van der Waals surface area contributed by atoms with Crippen LogP contribution in [-0.2, 0) is 4.74 Å². The normalized spacial score (nSPS) is 20.7. The largest absolute Gasteiger partial charge is 0.444 e. The van der Waals surface area contributed by atoms with Gasteiger partial charge in [0.1, 0.15) is 11.4 Å². The van der Waals surface area contributed by atoms with Gasteiger partial charge in [0, 0.05) is 37.8 Å². The molecule has 1 amide bonds. The summed E-state index contributed by atoms with van der Waals surface area (Å²) >= 11 is 0. The van der Waals surface area contributed by atoms with Gasteiger partial charge in [-0.05, 0) is 45.7 Å². The zero-order valence-electron chi connectivity index (χ0n) is 13.7. The number of carbonyl (C=O) groups excluding carboxylic acids is 1. The second-order valence-electron chi connectivity index (χ2n) is 7.51. The fraction of sp³-hybridized carbons (Fsp3) is 0.647. The Hall–Kier alpha value is -1.78. The molecule has 0 saturated carbocycles. The number of piperidine rings is 1. The molecular formula is C17H25N3O2. The van der Waals surface area contributed by atoms with Crippen LogP contribution in [0.3, 0.4) is 0 Å². The molecule has 0 aromatic carbocycles. The van der Waals surface area contributed by atoms with E-state index in [0.29, 0.717) is 5.41 Å². The lowest BCUT2D eigenvalue weighted by Gasteiger charge is -2.53. The summed E-state index contributed by atoms with van der Waals surface area (Å²) in [5.74, 6) is 1.06. The molecule has 1 aromatic rings. The molecule has 2 saturated heterocycles. The lowest BCUT2D eigenvalue weighted by Crippen LogP contribution is -2.62. The monoisotopic (exact) mass is 303 g/mol. The number of rotatable bonds is 1. The Morgan fingerprint density at radius 1 is 1.23 bits per heavy atom. The highest BCUT2D eigenvalue weighted by molar-refractivity contribution is 5.69. The maximum atomic E-state index is 12.0. The first-order valence-electron chi connectivity index (χ1n) is 8.01. The van der Waals surface area contributed by atoms with Crippen LogP contribution in [0.25, 0.3) is 0 Å². The summed E-state index contributed by atoms with van der Waals surface area (Å²) in [5, 5.41) is 0. The third-order valence-electron chi connectivity index (χ3n) is 4.50. The molecule has 2 aliphatic rings. The van der Waals surface area contributed by atoms with Crippen LogP contribution >= 0.6 is 0 Å². The fourth-order valence-corrected chi connectivity index (χ4v) is 3.29. The predicted molar refractivity (Wildman–Crippen MR) is 85.9 cm³/mol. The molecule has 5 nitrogen and oxygen atoms in total. The van der Waals surface area contributed by atoms with E-state index in [1.165, 1.54) is 0 Å². The van der Waals surface area contributed by atoms with Gasteiger partial charge in [-0.15, -0.1) is 0 Å². The van der Waals surface area contributed by atoms with E-state index in [1.54, 1.807) is 0 Å². The number of pyridine rings is 1. The Bertz CT molecular complexity index is 523. The molecule has 0 aliphatic carbocycles. The molecule has 1 spiro atoms. The van der Waals surface area contributed by atoms with Crippen LogP contribution in [0.5, 0.6) is 0 Å². The van der Waals surface area contributed by atoms with E-state index in [-0.39, 0.29) is 6.09 Å². The molecule has 2 fully saturated rings. The standard InChI is InChI=1S/C17H25N3O2/c1-16(2,3)22-15(21)20-12-17(13-20)7-10-19(11-8-17)14-6-4-5-9-18-14/h4-6,9H,7-8,10-13H2,1-3H3. The quantitative estimate of drug-likeness (QED) is 0.800. The second kappa shape index (κ2) is 5.45. The summed E-state index contributed by atoms with van der Waals surface area (Å²) in [6.07, 6.45) is 3.89. The van der Waals surface area contributed by atoms with Gasteiger partial charge in [0.25, 0.3) is 0 Å². The molecule has 3 rings (SSSR count).